The molecule has 1 aromatic rings. The molecule has 4 nitrogen and oxygen atoms in total. The molecule has 0 saturated carbocycles. The number of likely N-dealkylation sites (N-methyl/N-ethyl adjacent to an activating group) is 1. The molecule has 1 aromatic carbocycles. The van der Waals surface area contributed by atoms with Crippen LogP contribution < -0.4 is 15.2 Å². The summed E-state index contributed by atoms with van der Waals surface area (Å²) in [4.78, 5) is 2.08. The number of nitrogens with two attached hydrogens (primary N) is 1. The van der Waals surface area contributed by atoms with Gasteiger partial charge in [0.25, 0.3) is 0 Å². The van der Waals surface area contributed by atoms with E-state index in [-0.39, 0.29) is 0 Å². The predicted molar refractivity (Wildman–Crippen MR) is 64.1 cm³/mol. The van der Waals surface area contributed by atoms with Crippen molar-refractivity contribution in [1.29, 1.82) is 0 Å². The Balaban J connectivity index is 2.08. The number of ether oxygens (including phenoxy) is 2. The molecule has 88 valence electrons. The maximum absolute atomic E-state index is 5.82. The van der Waals surface area contributed by atoms with Gasteiger partial charge < -0.3 is 20.1 Å². The summed E-state index contributed by atoms with van der Waals surface area (Å²) in [5.74, 6) is 1.64. The van der Waals surface area contributed by atoms with Crippen LogP contribution in [0.4, 0.5) is 5.69 Å². The van der Waals surface area contributed by atoms with Crippen LogP contribution in [-0.2, 0) is 6.42 Å². The summed E-state index contributed by atoms with van der Waals surface area (Å²) in [5.41, 5.74) is 7.71. The van der Waals surface area contributed by atoms with Crippen LogP contribution in [0.2, 0.25) is 0 Å². The van der Waals surface area contributed by atoms with Gasteiger partial charge in [0.15, 0.2) is 11.5 Å². The average molecular weight is 222 g/mol. The Morgan fingerprint density at radius 2 is 2.25 bits per heavy atom. The summed E-state index contributed by atoms with van der Waals surface area (Å²) in [5, 5.41) is 0. The fourth-order valence-corrected chi connectivity index (χ4v) is 1.74. The number of anilines is 1. The van der Waals surface area contributed by atoms with Crippen LogP contribution in [-0.4, -0.2) is 38.8 Å². The lowest BCUT2D eigenvalue weighted by atomic mass is 10.1. The lowest BCUT2D eigenvalue weighted by Gasteiger charge is -2.13. The summed E-state index contributed by atoms with van der Waals surface area (Å²) in [6.45, 7) is 2.25. The number of benzene rings is 1. The van der Waals surface area contributed by atoms with Gasteiger partial charge in [-0.3, -0.25) is 0 Å². The van der Waals surface area contributed by atoms with Crippen LogP contribution in [0.1, 0.15) is 5.56 Å². The van der Waals surface area contributed by atoms with Crippen LogP contribution in [0.3, 0.4) is 0 Å². The molecule has 0 atom stereocenters. The van der Waals surface area contributed by atoms with E-state index >= 15 is 0 Å². The normalized spacial score (nSPS) is 13.7. The second kappa shape index (κ2) is 4.61. The molecule has 1 aliphatic rings. The summed E-state index contributed by atoms with van der Waals surface area (Å²) in [6, 6.07) is 3.79. The lowest BCUT2D eigenvalue weighted by Crippen LogP contribution is -2.19. The van der Waals surface area contributed by atoms with E-state index in [0.29, 0.717) is 6.61 Å². The van der Waals surface area contributed by atoms with E-state index in [1.165, 1.54) is 0 Å². The molecule has 0 fully saturated rings. The van der Waals surface area contributed by atoms with Gasteiger partial charge in [0, 0.05) is 30.3 Å². The van der Waals surface area contributed by atoms with E-state index in [0.717, 1.165) is 42.3 Å². The van der Waals surface area contributed by atoms with Crippen LogP contribution in [0.25, 0.3) is 0 Å². The molecule has 0 aliphatic carbocycles. The SMILES string of the molecule is CN(C)CCOc1cc(N)cc2c1OCC2. The summed E-state index contributed by atoms with van der Waals surface area (Å²) in [7, 11) is 4.04. The molecule has 0 amide bonds. The molecule has 0 saturated heterocycles. The zero-order valence-corrected chi connectivity index (χ0v) is 9.82. The van der Waals surface area contributed by atoms with Crippen LogP contribution >= 0.6 is 0 Å². The lowest BCUT2D eigenvalue weighted by molar-refractivity contribution is 0.248. The number of hydrogen-bond acceptors (Lipinski definition) is 4. The molecule has 2 N–H and O–H groups in total. The molecule has 0 radical (unpaired) electrons. The van der Waals surface area contributed by atoms with E-state index in [1.807, 2.05) is 26.2 Å². The zero-order valence-electron chi connectivity index (χ0n) is 9.82. The molecule has 4 heteroatoms. The van der Waals surface area contributed by atoms with Crippen molar-refractivity contribution in [3.63, 3.8) is 0 Å². The minimum Gasteiger partial charge on any atom is -0.489 e. The first kappa shape index (κ1) is 11.1. The van der Waals surface area contributed by atoms with Gasteiger partial charge in [-0.25, -0.2) is 0 Å². The Labute approximate surface area is 95.9 Å². The Morgan fingerprint density at radius 1 is 1.44 bits per heavy atom. The smallest absolute Gasteiger partial charge is 0.164 e. The fraction of sp³-hybridized carbons (Fsp3) is 0.500. The quantitative estimate of drug-likeness (QED) is 0.776. The van der Waals surface area contributed by atoms with E-state index in [1.54, 1.807) is 0 Å². The van der Waals surface area contributed by atoms with Crippen molar-refractivity contribution in [2.45, 2.75) is 6.42 Å². The molecule has 2 rings (SSSR count). The Hall–Kier alpha value is -1.42. The van der Waals surface area contributed by atoms with Gasteiger partial charge in [0.1, 0.15) is 6.61 Å². The van der Waals surface area contributed by atoms with Gasteiger partial charge in [0.2, 0.25) is 0 Å². The summed E-state index contributed by atoms with van der Waals surface area (Å²) in [6.07, 6.45) is 0.921. The Morgan fingerprint density at radius 3 is 3.00 bits per heavy atom. The van der Waals surface area contributed by atoms with Gasteiger partial charge in [-0.15, -0.1) is 0 Å². The summed E-state index contributed by atoms with van der Waals surface area (Å²) < 4.78 is 11.2. The third-order valence-corrected chi connectivity index (χ3v) is 2.57. The minimum atomic E-state index is 0.645. The highest BCUT2D eigenvalue weighted by atomic mass is 16.5. The monoisotopic (exact) mass is 222 g/mol. The van der Waals surface area contributed by atoms with E-state index < -0.39 is 0 Å². The van der Waals surface area contributed by atoms with E-state index in [9.17, 15) is 0 Å². The average Bonchev–Trinajstić information content (AvgIpc) is 2.64. The highest BCUT2D eigenvalue weighted by Crippen LogP contribution is 2.37. The van der Waals surface area contributed by atoms with Crippen LogP contribution in [0.5, 0.6) is 11.5 Å². The molecule has 1 heterocycles. The van der Waals surface area contributed by atoms with Gasteiger partial charge in [-0.05, 0) is 20.2 Å². The first-order chi connectivity index (χ1) is 7.66. The van der Waals surface area contributed by atoms with Crippen molar-refractivity contribution in [2.24, 2.45) is 0 Å². The first-order valence-electron chi connectivity index (χ1n) is 5.49. The second-order valence-electron chi connectivity index (χ2n) is 4.26. The van der Waals surface area contributed by atoms with E-state index in [4.69, 9.17) is 15.2 Å². The number of hydrogen-bond donors (Lipinski definition) is 1. The topological polar surface area (TPSA) is 47.7 Å². The molecular formula is C12H18N2O2. The number of fused-ring (bicyclic) bond motifs is 1. The van der Waals surface area contributed by atoms with Crippen molar-refractivity contribution >= 4 is 5.69 Å². The van der Waals surface area contributed by atoms with Gasteiger partial charge in [-0.2, -0.15) is 0 Å². The third kappa shape index (κ3) is 2.39. The molecule has 0 spiro atoms. The van der Waals surface area contributed by atoms with Crippen LogP contribution in [0, 0.1) is 0 Å². The van der Waals surface area contributed by atoms with Crippen LogP contribution in [0.15, 0.2) is 12.1 Å². The van der Waals surface area contributed by atoms with Crippen molar-refractivity contribution in [3.05, 3.63) is 17.7 Å². The fourth-order valence-electron chi connectivity index (χ4n) is 1.74. The number of nitrogens with zero attached hydrogens (tertiary/aromatic N) is 1. The Bertz CT molecular complexity index is 378. The molecular weight excluding hydrogens is 204 g/mol. The maximum Gasteiger partial charge on any atom is 0.164 e. The third-order valence-electron chi connectivity index (χ3n) is 2.57. The molecule has 1 aliphatic heterocycles. The number of rotatable bonds is 4. The van der Waals surface area contributed by atoms with Crippen molar-refractivity contribution in [2.75, 3.05) is 39.6 Å². The summed E-state index contributed by atoms with van der Waals surface area (Å²) >= 11 is 0. The van der Waals surface area contributed by atoms with Gasteiger partial charge in [-0.1, -0.05) is 0 Å². The maximum atomic E-state index is 5.82. The van der Waals surface area contributed by atoms with Crippen molar-refractivity contribution in [3.8, 4) is 11.5 Å². The van der Waals surface area contributed by atoms with Gasteiger partial charge in [0.05, 0.1) is 6.61 Å². The Kier molecular flexibility index (Phi) is 3.19. The molecule has 0 aromatic heterocycles. The zero-order chi connectivity index (χ0) is 11.5. The number of nitrogen functional groups attached to an aromatic ring is 1. The van der Waals surface area contributed by atoms with Crippen molar-refractivity contribution < 1.29 is 9.47 Å². The second-order valence-corrected chi connectivity index (χ2v) is 4.26. The minimum absolute atomic E-state index is 0.645. The molecule has 16 heavy (non-hydrogen) atoms. The highest BCUT2D eigenvalue weighted by molar-refractivity contribution is 5.58. The van der Waals surface area contributed by atoms with Gasteiger partial charge >= 0.3 is 0 Å². The first-order valence-corrected chi connectivity index (χ1v) is 5.49. The molecule has 0 bridgehead atoms. The van der Waals surface area contributed by atoms with Crippen molar-refractivity contribution in [1.82, 2.24) is 4.90 Å². The largest absolute Gasteiger partial charge is 0.489 e. The standard InChI is InChI=1S/C12H18N2O2/c1-14(2)4-6-15-11-8-10(13)7-9-3-5-16-12(9)11/h7-8H,3-6,13H2,1-2H3. The predicted octanol–water partition coefficient (Wildman–Crippen LogP) is 1.14. The highest BCUT2D eigenvalue weighted by Gasteiger charge is 2.18. The van der Waals surface area contributed by atoms with E-state index in [2.05, 4.69) is 4.90 Å². The molecule has 0 unspecified atom stereocenters.